The Hall–Kier alpha value is -1.91. The van der Waals surface area contributed by atoms with Crippen molar-refractivity contribution >= 4 is 0 Å². The highest BCUT2D eigenvalue weighted by molar-refractivity contribution is 5.64. The standard InChI is InChI=1S/C17H17F3N2/c18-17(19,20)14-9-6-5-8-13(14)16-11-12-7-3-1-2-4-10-15(12)21-22-16/h5-6,8-9,11H,1-4,7,10H2. The van der Waals surface area contributed by atoms with Crippen molar-refractivity contribution in [3.8, 4) is 11.3 Å². The Morgan fingerprint density at radius 1 is 0.864 bits per heavy atom. The summed E-state index contributed by atoms with van der Waals surface area (Å²) in [5.41, 5.74) is 1.74. The molecule has 0 radical (unpaired) electrons. The fourth-order valence-corrected chi connectivity index (χ4v) is 2.93. The van der Waals surface area contributed by atoms with Crippen LogP contribution in [0.4, 0.5) is 13.2 Å². The van der Waals surface area contributed by atoms with Gasteiger partial charge in [0.05, 0.1) is 17.0 Å². The van der Waals surface area contributed by atoms with Crippen molar-refractivity contribution < 1.29 is 13.2 Å². The van der Waals surface area contributed by atoms with Crippen molar-refractivity contribution in [3.63, 3.8) is 0 Å². The highest BCUT2D eigenvalue weighted by atomic mass is 19.4. The van der Waals surface area contributed by atoms with E-state index < -0.39 is 11.7 Å². The summed E-state index contributed by atoms with van der Waals surface area (Å²) in [5.74, 6) is 0. The normalized spacial score (nSPS) is 15.8. The molecule has 0 aliphatic heterocycles. The number of halogens is 3. The van der Waals surface area contributed by atoms with Gasteiger partial charge in [0.1, 0.15) is 0 Å². The number of benzene rings is 1. The highest BCUT2D eigenvalue weighted by Gasteiger charge is 2.33. The van der Waals surface area contributed by atoms with Crippen molar-refractivity contribution in [2.45, 2.75) is 44.7 Å². The predicted molar refractivity (Wildman–Crippen MR) is 78.3 cm³/mol. The minimum atomic E-state index is -4.39. The smallest absolute Gasteiger partial charge is 0.166 e. The maximum absolute atomic E-state index is 13.1. The molecule has 0 bridgehead atoms. The third-order valence-corrected chi connectivity index (χ3v) is 4.08. The SMILES string of the molecule is FC(F)(F)c1ccccc1-c1cc2c(nn1)CCCCCC2. The first kappa shape index (κ1) is 15.0. The lowest BCUT2D eigenvalue weighted by Crippen LogP contribution is -2.09. The first-order chi connectivity index (χ1) is 10.6. The van der Waals surface area contributed by atoms with Gasteiger partial charge in [-0.3, -0.25) is 0 Å². The molecule has 0 N–H and O–H groups in total. The third kappa shape index (κ3) is 3.13. The molecule has 1 aliphatic rings. The van der Waals surface area contributed by atoms with Crippen molar-refractivity contribution in [2.24, 2.45) is 0 Å². The van der Waals surface area contributed by atoms with Gasteiger partial charge in [-0.1, -0.05) is 31.0 Å². The van der Waals surface area contributed by atoms with E-state index in [9.17, 15) is 13.2 Å². The Kier molecular flexibility index (Phi) is 4.14. The van der Waals surface area contributed by atoms with Gasteiger partial charge in [-0.05, 0) is 43.4 Å². The van der Waals surface area contributed by atoms with E-state index in [-0.39, 0.29) is 5.56 Å². The Morgan fingerprint density at radius 2 is 1.59 bits per heavy atom. The van der Waals surface area contributed by atoms with Gasteiger partial charge in [0.25, 0.3) is 0 Å². The largest absolute Gasteiger partial charge is 0.417 e. The van der Waals surface area contributed by atoms with Crippen LogP contribution < -0.4 is 0 Å². The van der Waals surface area contributed by atoms with E-state index in [1.54, 1.807) is 12.1 Å². The molecule has 0 amide bonds. The number of aromatic nitrogens is 2. The van der Waals surface area contributed by atoms with Gasteiger partial charge in [-0.25, -0.2) is 0 Å². The number of aryl methyl sites for hydroxylation is 2. The Morgan fingerprint density at radius 3 is 2.36 bits per heavy atom. The predicted octanol–water partition coefficient (Wildman–Crippen LogP) is 4.82. The zero-order chi connectivity index (χ0) is 15.6. The Bertz CT molecular complexity index is 665. The van der Waals surface area contributed by atoms with Gasteiger partial charge in [-0.2, -0.15) is 23.4 Å². The Labute approximate surface area is 127 Å². The molecule has 0 atom stereocenters. The third-order valence-electron chi connectivity index (χ3n) is 4.08. The lowest BCUT2D eigenvalue weighted by molar-refractivity contribution is -0.137. The summed E-state index contributed by atoms with van der Waals surface area (Å²) in [6, 6.07) is 7.34. The van der Waals surface area contributed by atoms with Crippen LogP contribution in [0.2, 0.25) is 0 Å². The van der Waals surface area contributed by atoms with E-state index >= 15 is 0 Å². The zero-order valence-corrected chi connectivity index (χ0v) is 12.2. The minimum Gasteiger partial charge on any atom is -0.166 e. The van der Waals surface area contributed by atoms with E-state index in [2.05, 4.69) is 10.2 Å². The van der Waals surface area contributed by atoms with Crippen molar-refractivity contribution in [3.05, 3.63) is 47.2 Å². The molecule has 22 heavy (non-hydrogen) atoms. The molecule has 0 saturated heterocycles. The summed E-state index contributed by atoms with van der Waals surface area (Å²) >= 11 is 0. The molecule has 0 unspecified atom stereocenters. The molecule has 1 heterocycles. The number of hydrogen-bond donors (Lipinski definition) is 0. The van der Waals surface area contributed by atoms with Crippen LogP contribution in [0.25, 0.3) is 11.3 Å². The summed E-state index contributed by atoms with van der Waals surface area (Å²) in [6.45, 7) is 0. The van der Waals surface area contributed by atoms with Crippen molar-refractivity contribution in [1.82, 2.24) is 10.2 Å². The lowest BCUT2D eigenvalue weighted by atomic mass is 9.95. The maximum Gasteiger partial charge on any atom is 0.417 e. The van der Waals surface area contributed by atoms with Crippen LogP contribution in [0.1, 0.15) is 42.5 Å². The maximum atomic E-state index is 13.1. The summed E-state index contributed by atoms with van der Waals surface area (Å²) in [6.07, 6.45) is 1.81. The number of nitrogens with zero attached hydrogens (tertiary/aromatic N) is 2. The van der Waals surface area contributed by atoms with E-state index in [1.165, 1.54) is 18.6 Å². The summed E-state index contributed by atoms with van der Waals surface area (Å²) in [5, 5.41) is 8.26. The van der Waals surface area contributed by atoms with E-state index in [1.807, 2.05) is 0 Å². The molecule has 116 valence electrons. The van der Waals surface area contributed by atoms with Gasteiger partial charge in [0, 0.05) is 5.56 Å². The minimum absolute atomic E-state index is 0.104. The molecule has 0 spiro atoms. The quantitative estimate of drug-likeness (QED) is 0.754. The van der Waals surface area contributed by atoms with Gasteiger partial charge in [0.15, 0.2) is 0 Å². The Balaban J connectivity index is 2.04. The van der Waals surface area contributed by atoms with E-state index in [4.69, 9.17) is 0 Å². The van der Waals surface area contributed by atoms with E-state index in [0.717, 1.165) is 49.4 Å². The molecule has 0 fully saturated rings. The van der Waals surface area contributed by atoms with Crippen LogP contribution in [-0.2, 0) is 19.0 Å². The molecule has 3 rings (SSSR count). The van der Waals surface area contributed by atoms with E-state index in [0.29, 0.717) is 5.69 Å². The van der Waals surface area contributed by atoms with Crippen LogP contribution in [0, 0.1) is 0 Å². The van der Waals surface area contributed by atoms with Crippen molar-refractivity contribution in [1.29, 1.82) is 0 Å². The zero-order valence-electron chi connectivity index (χ0n) is 12.2. The second-order valence-corrected chi connectivity index (χ2v) is 5.66. The molecular weight excluding hydrogens is 289 g/mol. The second kappa shape index (κ2) is 6.07. The fraction of sp³-hybridized carbons (Fsp3) is 0.412. The molecule has 1 aliphatic carbocycles. The monoisotopic (exact) mass is 306 g/mol. The number of hydrogen-bond acceptors (Lipinski definition) is 2. The molecule has 0 saturated carbocycles. The van der Waals surface area contributed by atoms with Crippen LogP contribution >= 0.6 is 0 Å². The fourth-order valence-electron chi connectivity index (χ4n) is 2.93. The molecule has 2 aromatic rings. The average molecular weight is 306 g/mol. The first-order valence-corrected chi connectivity index (χ1v) is 7.58. The van der Waals surface area contributed by atoms with Crippen LogP contribution in [-0.4, -0.2) is 10.2 Å². The lowest BCUT2D eigenvalue weighted by Gasteiger charge is -2.15. The van der Waals surface area contributed by atoms with Gasteiger partial charge >= 0.3 is 6.18 Å². The number of alkyl halides is 3. The van der Waals surface area contributed by atoms with Gasteiger partial charge in [-0.15, -0.1) is 0 Å². The first-order valence-electron chi connectivity index (χ1n) is 7.58. The molecule has 1 aromatic carbocycles. The van der Waals surface area contributed by atoms with Crippen LogP contribution in [0.15, 0.2) is 30.3 Å². The van der Waals surface area contributed by atoms with Crippen LogP contribution in [0.5, 0.6) is 0 Å². The second-order valence-electron chi connectivity index (χ2n) is 5.66. The summed E-state index contributed by atoms with van der Waals surface area (Å²) in [7, 11) is 0. The molecule has 5 heteroatoms. The number of rotatable bonds is 1. The molecule has 2 nitrogen and oxygen atoms in total. The topological polar surface area (TPSA) is 25.8 Å². The molecule has 1 aromatic heterocycles. The molecular formula is C17H17F3N2. The van der Waals surface area contributed by atoms with Crippen LogP contribution in [0.3, 0.4) is 0 Å². The van der Waals surface area contributed by atoms with Gasteiger partial charge in [0.2, 0.25) is 0 Å². The van der Waals surface area contributed by atoms with Crippen molar-refractivity contribution in [2.75, 3.05) is 0 Å². The average Bonchev–Trinajstić information content (AvgIpc) is 2.47. The summed E-state index contributed by atoms with van der Waals surface area (Å²) in [4.78, 5) is 0. The summed E-state index contributed by atoms with van der Waals surface area (Å²) < 4.78 is 39.4. The highest BCUT2D eigenvalue weighted by Crippen LogP contribution is 2.36. The number of fused-ring (bicyclic) bond motifs is 1. The van der Waals surface area contributed by atoms with Gasteiger partial charge < -0.3 is 0 Å².